The van der Waals surface area contributed by atoms with Gasteiger partial charge in [-0.1, -0.05) is 29.8 Å². The molecular weight excluding hydrogens is 172 g/mol. The molecule has 1 aliphatic rings. The van der Waals surface area contributed by atoms with Gasteiger partial charge in [-0.3, -0.25) is 0 Å². The lowest BCUT2D eigenvalue weighted by atomic mass is 10.1. The molecule has 0 radical (unpaired) electrons. The van der Waals surface area contributed by atoms with Gasteiger partial charge >= 0.3 is 0 Å². The van der Waals surface area contributed by atoms with E-state index < -0.39 is 0 Å². The first-order valence-corrected chi connectivity index (χ1v) is 4.73. The zero-order valence-electron chi connectivity index (χ0n) is 8.25. The number of nitrogen functional groups attached to an aromatic ring is 1. The first-order valence-electron chi connectivity index (χ1n) is 4.73. The van der Waals surface area contributed by atoms with Crippen LogP contribution >= 0.6 is 0 Å². The summed E-state index contributed by atoms with van der Waals surface area (Å²) < 4.78 is 0. The van der Waals surface area contributed by atoms with Gasteiger partial charge in [-0.2, -0.15) is 0 Å². The SMILES string of the molecule is CC1=CC=C(c2ccccc2N)NC1. The van der Waals surface area contributed by atoms with Crippen molar-refractivity contribution in [2.24, 2.45) is 0 Å². The van der Waals surface area contributed by atoms with Gasteiger partial charge in [0, 0.05) is 23.5 Å². The average molecular weight is 186 g/mol. The summed E-state index contributed by atoms with van der Waals surface area (Å²) in [6.45, 7) is 3.01. The van der Waals surface area contributed by atoms with Crippen LogP contribution in [0.3, 0.4) is 0 Å². The summed E-state index contributed by atoms with van der Waals surface area (Å²) >= 11 is 0. The third-order valence-corrected chi connectivity index (χ3v) is 2.34. The summed E-state index contributed by atoms with van der Waals surface area (Å²) in [5.74, 6) is 0. The molecule has 0 fully saturated rings. The van der Waals surface area contributed by atoms with Gasteiger partial charge in [-0.25, -0.2) is 0 Å². The number of allylic oxidation sites excluding steroid dienone is 2. The van der Waals surface area contributed by atoms with Gasteiger partial charge in [0.25, 0.3) is 0 Å². The van der Waals surface area contributed by atoms with Crippen molar-refractivity contribution in [1.29, 1.82) is 0 Å². The Kier molecular flexibility index (Phi) is 2.27. The van der Waals surface area contributed by atoms with E-state index in [1.54, 1.807) is 0 Å². The Labute approximate surface area is 84.1 Å². The molecule has 72 valence electrons. The van der Waals surface area contributed by atoms with Crippen molar-refractivity contribution >= 4 is 11.4 Å². The molecule has 0 amide bonds. The highest BCUT2D eigenvalue weighted by atomic mass is 14.9. The lowest BCUT2D eigenvalue weighted by Gasteiger charge is -2.16. The van der Waals surface area contributed by atoms with Crippen LogP contribution in [0.2, 0.25) is 0 Å². The van der Waals surface area contributed by atoms with Gasteiger partial charge in [-0.15, -0.1) is 0 Å². The second-order valence-electron chi connectivity index (χ2n) is 3.53. The Morgan fingerprint density at radius 1 is 1.21 bits per heavy atom. The number of benzene rings is 1. The molecule has 1 aliphatic heterocycles. The molecule has 1 aromatic rings. The maximum absolute atomic E-state index is 5.88. The molecular formula is C12H14N2. The van der Waals surface area contributed by atoms with Crippen LogP contribution in [0.25, 0.3) is 5.70 Å². The summed E-state index contributed by atoms with van der Waals surface area (Å²) in [6.07, 6.45) is 4.20. The average Bonchev–Trinajstić information content (AvgIpc) is 2.20. The van der Waals surface area contributed by atoms with Gasteiger partial charge in [0.05, 0.1) is 0 Å². The highest BCUT2D eigenvalue weighted by molar-refractivity contribution is 5.75. The first-order chi connectivity index (χ1) is 6.77. The van der Waals surface area contributed by atoms with E-state index in [9.17, 15) is 0 Å². The summed E-state index contributed by atoms with van der Waals surface area (Å²) in [6, 6.07) is 7.90. The topological polar surface area (TPSA) is 38.0 Å². The van der Waals surface area contributed by atoms with Gasteiger partial charge in [0.15, 0.2) is 0 Å². The van der Waals surface area contributed by atoms with Crippen molar-refractivity contribution in [3.63, 3.8) is 0 Å². The molecule has 14 heavy (non-hydrogen) atoms. The quantitative estimate of drug-likeness (QED) is 0.659. The minimum Gasteiger partial charge on any atom is -0.398 e. The molecule has 0 aliphatic carbocycles. The van der Waals surface area contributed by atoms with Crippen molar-refractivity contribution in [3.8, 4) is 0 Å². The number of anilines is 1. The molecule has 0 unspecified atom stereocenters. The number of hydrogen-bond acceptors (Lipinski definition) is 2. The molecule has 1 heterocycles. The molecule has 0 saturated carbocycles. The van der Waals surface area contributed by atoms with Crippen LogP contribution in [0.5, 0.6) is 0 Å². The lowest BCUT2D eigenvalue weighted by Crippen LogP contribution is -2.18. The highest BCUT2D eigenvalue weighted by Crippen LogP contribution is 2.21. The standard InChI is InChI=1S/C12H14N2/c1-9-6-7-12(14-8-9)10-4-2-3-5-11(10)13/h2-7,14H,8,13H2,1H3. The predicted octanol–water partition coefficient (Wildman–Crippen LogP) is 2.16. The number of hydrogen-bond donors (Lipinski definition) is 2. The molecule has 3 N–H and O–H groups in total. The molecule has 0 atom stereocenters. The lowest BCUT2D eigenvalue weighted by molar-refractivity contribution is 0.942. The van der Waals surface area contributed by atoms with Crippen LogP contribution < -0.4 is 11.1 Å². The van der Waals surface area contributed by atoms with E-state index in [1.807, 2.05) is 24.3 Å². The largest absolute Gasteiger partial charge is 0.398 e. The third-order valence-electron chi connectivity index (χ3n) is 2.34. The predicted molar refractivity (Wildman–Crippen MR) is 60.6 cm³/mol. The van der Waals surface area contributed by atoms with Gasteiger partial charge < -0.3 is 11.1 Å². The third kappa shape index (κ3) is 1.64. The van der Waals surface area contributed by atoms with Crippen molar-refractivity contribution in [1.82, 2.24) is 5.32 Å². The van der Waals surface area contributed by atoms with E-state index >= 15 is 0 Å². The first kappa shape index (κ1) is 8.88. The minimum absolute atomic E-state index is 0.819. The Hall–Kier alpha value is -1.70. The smallest absolute Gasteiger partial charge is 0.0437 e. The molecule has 0 aromatic heterocycles. The number of nitrogens with one attached hydrogen (secondary N) is 1. The van der Waals surface area contributed by atoms with Gasteiger partial charge in [-0.05, 0) is 19.1 Å². The van der Waals surface area contributed by atoms with E-state index in [2.05, 4.69) is 24.4 Å². The Morgan fingerprint density at radius 2 is 2.00 bits per heavy atom. The molecule has 1 aromatic carbocycles. The maximum atomic E-state index is 5.88. The molecule has 2 rings (SSSR count). The number of dihydropyridines is 1. The van der Waals surface area contributed by atoms with Crippen molar-refractivity contribution in [2.45, 2.75) is 6.92 Å². The van der Waals surface area contributed by atoms with E-state index in [-0.39, 0.29) is 0 Å². The van der Waals surface area contributed by atoms with Crippen LogP contribution in [0.1, 0.15) is 12.5 Å². The summed E-state index contributed by atoms with van der Waals surface area (Å²) in [5.41, 5.74) is 10.2. The van der Waals surface area contributed by atoms with Crippen LogP contribution in [0.15, 0.2) is 42.0 Å². The molecule has 2 heteroatoms. The fourth-order valence-corrected chi connectivity index (χ4v) is 1.51. The monoisotopic (exact) mass is 186 g/mol. The zero-order chi connectivity index (χ0) is 9.97. The van der Waals surface area contributed by atoms with E-state index in [4.69, 9.17) is 5.73 Å². The van der Waals surface area contributed by atoms with Gasteiger partial charge in [0.1, 0.15) is 0 Å². The van der Waals surface area contributed by atoms with E-state index in [0.29, 0.717) is 0 Å². The summed E-state index contributed by atoms with van der Waals surface area (Å²) in [4.78, 5) is 0. The summed E-state index contributed by atoms with van der Waals surface area (Å²) in [5, 5.41) is 3.34. The molecule has 0 saturated heterocycles. The Morgan fingerprint density at radius 3 is 2.64 bits per heavy atom. The van der Waals surface area contributed by atoms with E-state index in [1.165, 1.54) is 5.57 Å². The van der Waals surface area contributed by atoms with Crippen LogP contribution in [0.4, 0.5) is 5.69 Å². The van der Waals surface area contributed by atoms with Crippen LogP contribution in [-0.4, -0.2) is 6.54 Å². The Bertz CT molecular complexity index is 403. The van der Waals surface area contributed by atoms with Gasteiger partial charge in [0.2, 0.25) is 0 Å². The maximum Gasteiger partial charge on any atom is 0.0437 e. The molecule has 0 spiro atoms. The van der Waals surface area contributed by atoms with Crippen molar-refractivity contribution in [3.05, 3.63) is 47.6 Å². The van der Waals surface area contributed by atoms with E-state index in [0.717, 1.165) is 23.5 Å². The number of nitrogens with two attached hydrogens (primary N) is 1. The van der Waals surface area contributed by atoms with Crippen molar-refractivity contribution < 1.29 is 0 Å². The second kappa shape index (κ2) is 3.58. The fourth-order valence-electron chi connectivity index (χ4n) is 1.51. The second-order valence-corrected chi connectivity index (χ2v) is 3.53. The normalized spacial score (nSPS) is 15.5. The fraction of sp³-hybridized carbons (Fsp3) is 0.167. The number of para-hydroxylation sites is 1. The molecule has 0 bridgehead atoms. The zero-order valence-corrected chi connectivity index (χ0v) is 8.25. The summed E-state index contributed by atoms with van der Waals surface area (Å²) in [7, 11) is 0. The molecule has 2 nitrogen and oxygen atoms in total. The van der Waals surface area contributed by atoms with Crippen molar-refractivity contribution in [2.75, 3.05) is 12.3 Å². The number of rotatable bonds is 1. The Balaban J connectivity index is 2.37. The van der Waals surface area contributed by atoms with Crippen LogP contribution in [0, 0.1) is 0 Å². The highest BCUT2D eigenvalue weighted by Gasteiger charge is 2.06. The minimum atomic E-state index is 0.819. The van der Waals surface area contributed by atoms with Crippen LogP contribution in [-0.2, 0) is 0 Å².